The topological polar surface area (TPSA) is 37.4 Å². The van der Waals surface area contributed by atoms with Crippen molar-refractivity contribution in [2.75, 3.05) is 29.5 Å². The molecule has 118 valence electrons. The summed E-state index contributed by atoms with van der Waals surface area (Å²) in [5.74, 6) is -0.0746. The number of nitrogens with zero attached hydrogens (tertiary/aromatic N) is 1. The van der Waals surface area contributed by atoms with Crippen molar-refractivity contribution < 1.29 is 21.6 Å². The Balaban J connectivity index is 2.39. The standard InChI is InChI=1S/C13H15BrF3NO2S/c14-9-10-2-3-12(11(8-10)13(15,16)17)18-4-1-6-21(19,20)7-5-18/h2-3,8H,1,4-7,9H2. The van der Waals surface area contributed by atoms with E-state index in [2.05, 4.69) is 15.9 Å². The quantitative estimate of drug-likeness (QED) is 0.733. The van der Waals surface area contributed by atoms with Gasteiger partial charge in [-0.05, 0) is 24.1 Å². The van der Waals surface area contributed by atoms with Crippen molar-refractivity contribution in [2.24, 2.45) is 0 Å². The van der Waals surface area contributed by atoms with E-state index in [1.54, 1.807) is 6.07 Å². The molecule has 1 fully saturated rings. The van der Waals surface area contributed by atoms with E-state index in [1.807, 2.05) is 0 Å². The Morgan fingerprint density at radius 1 is 1.19 bits per heavy atom. The van der Waals surface area contributed by atoms with Gasteiger partial charge in [-0.25, -0.2) is 8.42 Å². The summed E-state index contributed by atoms with van der Waals surface area (Å²) >= 11 is 3.15. The SMILES string of the molecule is O=S1(=O)CCCN(c2ccc(CBr)cc2C(F)(F)F)CC1. The van der Waals surface area contributed by atoms with Gasteiger partial charge in [0.1, 0.15) is 0 Å². The summed E-state index contributed by atoms with van der Waals surface area (Å²) in [5, 5.41) is 0.338. The van der Waals surface area contributed by atoms with Crippen LogP contribution in [0.4, 0.5) is 18.9 Å². The first-order chi connectivity index (χ1) is 9.73. The molecule has 3 nitrogen and oxygen atoms in total. The molecular weight excluding hydrogens is 371 g/mol. The fourth-order valence-electron chi connectivity index (χ4n) is 2.35. The molecule has 0 radical (unpaired) electrons. The number of alkyl halides is 4. The molecule has 0 atom stereocenters. The van der Waals surface area contributed by atoms with Gasteiger partial charge in [0.15, 0.2) is 9.84 Å². The lowest BCUT2D eigenvalue weighted by Gasteiger charge is -2.26. The zero-order valence-corrected chi connectivity index (χ0v) is 13.6. The van der Waals surface area contributed by atoms with Crippen molar-refractivity contribution in [1.29, 1.82) is 0 Å². The molecule has 8 heteroatoms. The average molecular weight is 386 g/mol. The summed E-state index contributed by atoms with van der Waals surface area (Å²) < 4.78 is 62.8. The molecule has 1 aromatic carbocycles. The highest BCUT2D eigenvalue weighted by molar-refractivity contribution is 9.08. The maximum atomic E-state index is 13.2. The second kappa shape index (κ2) is 6.16. The third-order valence-electron chi connectivity index (χ3n) is 3.42. The number of halogens is 4. The van der Waals surface area contributed by atoms with Crippen molar-refractivity contribution >= 4 is 31.5 Å². The molecule has 0 unspecified atom stereocenters. The maximum Gasteiger partial charge on any atom is 0.418 e. The van der Waals surface area contributed by atoms with E-state index in [4.69, 9.17) is 0 Å². The van der Waals surface area contributed by atoms with Crippen molar-refractivity contribution in [3.05, 3.63) is 29.3 Å². The van der Waals surface area contributed by atoms with Crippen molar-refractivity contribution in [3.8, 4) is 0 Å². The molecule has 1 aromatic rings. The zero-order valence-electron chi connectivity index (χ0n) is 11.2. The minimum absolute atomic E-state index is 0.0321. The van der Waals surface area contributed by atoms with Crippen LogP contribution in [0.15, 0.2) is 18.2 Å². The number of sulfone groups is 1. The minimum atomic E-state index is -4.46. The molecule has 2 rings (SSSR count). The summed E-state index contributed by atoms with van der Waals surface area (Å²) in [6.07, 6.45) is -4.11. The van der Waals surface area contributed by atoms with Gasteiger partial charge in [0, 0.05) is 24.1 Å². The molecular formula is C13H15BrF3NO2S. The Labute approximate surface area is 130 Å². The number of hydrogen-bond donors (Lipinski definition) is 0. The van der Waals surface area contributed by atoms with Crippen LogP contribution < -0.4 is 4.90 Å². The van der Waals surface area contributed by atoms with Crippen molar-refractivity contribution in [2.45, 2.75) is 17.9 Å². The first-order valence-electron chi connectivity index (χ1n) is 6.44. The maximum absolute atomic E-state index is 13.2. The number of anilines is 1. The molecule has 1 heterocycles. The molecule has 0 N–H and O–H groups in total. The average Bonchev–Trinajstić information content (AvgIpc) is 2.58. The lowest BCUT2D eigenvalue weighted by molar-refractivity contribution is -0.137. The van der Waals surface area contributed by atoms with Gasteiger partial charge < -0.3 is 4.90 Å². The molecule has 21 heavy (non-hydrogen) atoms. The number of benzene rings is 1. The fourth-order valence-corrected chi connectivity index (χ4v) is 3.97. The summed E-state index contributed by atoms with van der Waals surface area (Å²) in [7, 11) is -3.15. The Morgan fingerprint density at radius 3 is 2.52 bits per heavy atom. The van der Waals surface area contributed by atoms with Gasteiger partial charge in [-0.15, -0.1) is 0 Å². The van der Waals surface area contributed by atoms with Crippen LogP contribution in [0.5, 0.6) is 0 Å². The highest BCUT2D eigenvalue weighted by atomic mass is 79.9. The first-order valence-corrected chi connectivity index (χ1v) is 9.39. The smallest absolute Gasteiger partial charge is 0.370 e. The molecule has 1 aliphatic rings. The van der Waals surface area contributed by atoms with Crippen LogP contribution in [0.2, 0.25) is 0 Å². The van der Waals surface area contributed by atoms with Crippen LogP contribution in [0.1, 0.15) is 17.5 Å². The zero-order chi connectivity index (χ0) is 15.7. The second-order valence-corrected chi connectivity index (χ2v) is 7.84. The van der Waals surface area contributed by atoms with Crippen LogP contribution in [0.25, 0.3) is 0 Å². The molecule has 1 saturated heterocycles. The lowest BCUT2D eigenvalue weighted by Crippen LogP contribution is -2.29. The Bertz CT molecular complexity index is 616. The van der Waals surface area contributed by atoms with Crippen LogP contribution in [0, 0.1) is 0 Å². The number of hydrogen-bond acceptors (Lipinski definition) is 3. The van der Waals surface area contributed by atoms with E-state index in [1.165, 1.54) is 11.0 Å². The van der Waals surface area contributed by atoms with E-state index in [0.717, 1.165) is 6.07 Å². The third-order valence-corrected chi connectivity index (χ3v) is 5.78. The van der Waals surface area contributed by atoms with E-state index >= 15 is 0 Å². The molecule has 1 aliphatic heterocycles. The van der Waals surface area contributed by atoms with Gasteiger partial charge in [-0.3, -0.25) is 0 Å². The van der Waals surface area contributed by atoms with Crippen LogP contribution in [-0.2, 0) is 21.3 Å². The molecule has 0 aliphatic carbocycles. The minimum Gasteiger partial charge on any atom is -0.370 e. The van der Waals surface area contributed by atoms with Gasteiger partial charge >= 0.3 is 6.18 Å². The first kappa shape index (κ1) is 16.6. The normalized spacial score (nSPS) is 19.3. The predicted molar refractivity (Wildman–Crippen MR) is 79.6 cm³/mol. The Hall–Kier alpha value is -0.760. The Kier molecular flexibility index (Phi) is 4.87. The largest absolute Gasteiger partial charge is 0.418 e. The second-order valence-electron chi connectivity index (χ2n) is 4.98. The molecule has 0 aromatic heterocycles. The lowest BCUT2D eigenvalue weighted by atomic mass is 10.1. The van der Waals surface area contributed by atoms with E-state index < -0.39 is 21.6 Å². The van der Waals surface area contributed by atoms with Gasteiger partial charge in [0.05, 0.1) is 17.1 Å². The monoisotopic (exact) mass is 385 g/mol. The highest BCUT2D eigenvalue weighted by Crippen LogP contribution is 2.38. The van der Waals surface area contributed by atoms with Gasteiger partial charge in [-0.2, -0.15) is 13.2 Å². The van der Waals surface area contributed by atoms with Gasteiger partial charge in [0.25, 0.3) is 0 Å². The Morgan fingerprint density at radius 2 is 1.90 bits per heavy atom. The van der Waals surface area contributed by atoms with Crippen LogP contribution in [0.3, 0.4) is 0 Å². The number of rotatable bonds is 2. The van der Waals surface area contributed by atoms with Crippen molar-refractivity contribution in [1.82, 2.24) is 0 Å². The summed E-state index contributed by atoms with van der Waals surface area (Å²) in [6.45, 7) is 0.412. The van der Waals surface area contributed by atoms with Gasteiger partial charge in [-0.1, -0.05) is 22.0 Å². The molecule has 0 saturated carbocycles. The van der Waals surface area contributed by atoms with Gasteiger partial charge in [0.2, 0.25) is 0 Å². The summed E-state index contributed by atoms with van der Waals surface area (Å²) in [5.41, 5.74) is -0.114. The molecule has 0 spiro atoms. The van der Waals surface area contributed by atoms with E-state index in [-0.39, 0.29) is 23.7 Å². The highest BCUT2D eigenvalue weighted by Gasteiger charge is 2.35. The fraction of sp³-hybridized carbons (Fsp3) is 0.538. The predicted octanol–water partition coefficient (Wildman–Crippen LogP) is 3.23. The van der Waals surface area contributed by atoms with E-state index in [0.29, 0.717) is 23.9 Å². The third kappa shape index (κ3) is 4.12. The summed E-state index contributed by atoms with van der Waals surface area (Å²) in [6, 6.07) is 4.17. The summed E-state index contributed by atoms with van der Waals surface area (Å²) in [4.78, 5) is 1.52. The van der Waals surface area contributed by atoms with Crippen LogP contribution in [-0.4, -0.2) is 33.0 Å². The van der Waals surface area contributed by atoms with E-state index in [9.17, 15) is 21.6 Å². The molecule has 0 bridgehead atoms. The van der Waals surface area contributed by atoms with Crippen molar-refractivity contribution in [3.63, 3.8) is 0 Å². The van der Waals surface area contributed by atoms with Crippen LogP contribution >= 0.6 is 15.9 Å². The molecule has 0 amide bonds.